The lowest BCUT2D eigenvalue weighted by atomic mass is 10.2. The average Bonchev–Trinajstić information content (AvgIpc) is 3.20. The van der Waals surface area contributed by atoms with E-state index in [1.165, 1.54) is 6.21 Å². The van der Waals surface area contributed by atoms with Gasteiger partial charge in [-0.15, -0.1) is 10.2 Å². The maximum Gasteiger partial charge on any atom is 0.257 e. The molecule has 30 heavy (non-hydrogen) atoms. The molecule has 0 aliphatic carbocycles. The van der Waals surface area contributed by atoms with Crippen LogP contribution in [0.15, 0.2) is 53.6 Å². The van der Waals surface area contributed by atoms with Gasteiger partial charge in [0.05, 0.1) is 26.9 Å². The van der Waals surface area contributed by atoms with Crippen LogP contribution in [-0.4, -0.2) is 42.4 Å². The number of amides is 2. The van der Waals surface area contributed by atoms with E-state index in [-0.39, 0.29) is 18.2 Å². The zero-order chi connectivity index (χ0) is 21.3. The first kappa shape index (κ1) is 20.9. The third kappa shape index (κ3) is 5.85. The first-order valence-corrected chi connectivity index (χ1v) is 9.63. The highest BCUT2D eigenvalue weighted by Gasteiger charge is 2.12. The minimum absolute atomic E-state index is 0.00394. The third-order valence-corrected chi connectivity index (χ3v) is 4.71. The van der Waals surface area contributed by atoms with Gasteiger partial charge >= 0.3 is 0 Å². The number of hydrazone groups is 1. The van der Waals surface area contributed by atoms with Crippen molar-refractivity contribution >= 4 is 34.5 Å². The standard InChI is InChI=1S/C20H19N5O4S/c1-28-15-7-3-13(4-8-15)12-21-23-17(26)11-18-24-25-20(30-18)22-19(27)14-5-9-16(29-2)10-6-14/h3-10,12H,11H2,1-2H3,(H,23,26)(H,22,25,27). The van der Waals surface area contributed by atoms with Gasteiger partial charge in [0.2, 0.25) is 11.0 Å². The van der Waals surface area contributed by atoms with E-state index in [2.05, 4.69) is 26.0 Å². The number of carbonyl (C=O) groups is 2. The highest BCUT2D eigenvalue weighted by molar-refractivity contribution is 7.15. The molecule has 0 fully saturated rings. The number of ether oxygens (including phenoxy) is 2. The number of hydrogen-bond donors (Lipinski definition) is 2. The first-order valence-electron chi connectivity index (χ1n) is 8.81. The Kier molecular flexibility index (Phi) is 7.06. The van der Waals surface area contributed by atoms with E-state index in [9.17, 15) is 9.59 Å². The molecule has 3 aromatic rings. The highest BCUT2D eigenvalue weighted by atomic mass is 32.1. The van der Waals surface area contributed by atoms with Gasteiger partial charge < -0.3 is 9.47 Å². The van der Waals surface area contributed by atoms with Crippen LogP contribution in [0.4, 0.5) is 5.13 Å². The Morgan fingerprint density at radius 3 is 2.27 bits per heavy atom. The normalized spacial score (nSPS) is 10.6. The fraction of sp³-hybridized carbons (Fsp3) is 0.150. The summed E-state index contributed by atoms with van der Waals surface area (Å²) in [6.07, 6.45) is 1.52. The van der Waals surface area contributed by atoms with Crippen LogP contribution in [0.5, 0.6) is 11.5 Å². The maximum atomic E-state index is 12.2. The molecule has 0 spiro atoms. The van der Waals surface area contributed by atoms with Crippen LogP contribution < -0.4 is 20.2 Å². The minimum Gasteiger partial charge on any atom is -0.497 e. The van der Waals surface area contributed by atoms with Gasteiger partial charge in [0.1, 0.15) is 16.5 Å². The number of nitrogens with zero attached hydrogens (tertiary/aromatic N) is 3. The number of benzene rings is 2. The number of aromatic nitrogens is 2. The second kappa shape index (κ2) is 10.1. The Morgan fingerprint density at radius 2 is 1.63 bits per heavy atom. The fourth-order valence-corrected chi connectivity index (χ4v) is 3.07. The van der Waals surface area contributed by atoms with Crippen molar-refractivity contribution < 1.29 is 19.1 Å². The summed E-state index contributed by atoms with van der Waals surface area (Å²) in [5.41, 5.74) is 3.71. The molecular weight excluding hydrogens is 406 g/mol. The summed E-state index contributed by atoms with van der Waals surface area (Å²) < 4.78 is 10.1. The van der Waals surface area contributed by atoms with Gasteiger partial charge in [0.15, 0.2) is 0 Å². The number of methoxy groups -OCH3 is 2. The van der Waals surface area contributed by atoms with E-state index < -0.39 is 0 Å². The van der Waals surface area contributed by atoms with Crippen molar-refractivity contribution in [3.8, 4) is 11.5 Å². The molecule has 0 bridgehead atoms. The molecule has 0 aliphatic rings. The van der Waals surface area contributed by atoms with Crippen LogP contribution in [0.25, 0.3) is 0 Å². The summed E-state index contributed by atoms with van der Waals surface area (Å²) in [7, 11) is 3.14. The Morgan fingerprint density at radius 1 is 1.00 bits per heavy atom. The summed E-state index contributed by atoms with van der Waals surface area (Å²) in [5.74, 6) is 0.727. The van der Waals surface area contributed by atoms with Gasteiger partial charge in [-0.2, -0.15) is 5.10 Å². The molecule has 154 valence electrons. The van der Waals surface area contributed by atoms with E-state index in [0.29, 0.717) is 21.5 Å². The van der Waals surface area contributed by atoms with Gasteiger partial charge in [-0.25, -0.2) is 5.43 Å². The lowest BCUT2D eigenvalue weighted by Crippen LogP contribution is -2.19. The summed E-state index contributed by atoms with van der Waals surface area (Å²) in [4.78, 5) is 24.3. The largest absolute Gasteiger partial charge is 0.497 e. The van der Waals surface area contributed by atoms with Crippen molar-refractivity contribution in [1.29, 1.82) is 0 Å². The molecule has 2 aromatic carbocycles. The predicted molar refractivity (Wildman–Crippen MR) is 113 cm³/mol. The fourth-order valence-electron chi connectivity index (χ4n) is 2.33. The second-order valence-corrected chi connectivity index (χ2v) is 6.99. The molecule has 1 heterocycles. The van der Waals surface area contributed by atoms with E-state index in [4.69, 9.17) is 9.47 Å². The zero-order valence-corrected chi connectivity index (χ0v) is 17.1. The molecule has 0 aliphatic heterocycles. The van der Waals surface area contributed by atoms with Gasteiger partial charge in [-0.05, 0) is 54.1 Å². The second-order valence-electron chi connectivity index (χ2n) is 5.93. The van der Waals surface area contributed by atoms with Crippen molar-refractivity contribution in [3.05, 3.63) is 64.7 Å². The van der Waals surface area contributed by atoms with E-state index in [0.717, 1.165) is 22.6 Å². The topological polar surface area (TPSA) is 115 Å². The molecular formula is C20H19N5O4S. The molecule has 0 saturated carbocycles. The van der Waals surface area contributed by atoms with Crippen molar-refractivity contribution in [2.75, 3.05) is 19.5 Å². The van der Waals surface area contributed by atoms with Crippen LogP contribution in [-0.2, 0) is 11.2 Å². The Bertz CT molecular complexity index is 1030. The van der Waals surface area contributed by atoms with Crippen molar-refractivity contribution in [2.24, 2.45) is 5.10 Å². The van der Waals surface area contributed by atoms with Gasteiger partial charge in [0, 0.05) is 5.56 Å². The Labute approximate surface area is 176 Å². The van der Waals surface area contributed by atoms with Gasteiger partial charge in [0.25, 0.3) is 5.91 Å². The quantitative estimate of drug-likeness (QED) is 0.423. The van der Waals surface area contributed by atoms with Crippen LogP contribution in [0.2, 0.25) is 0 Å². The molecule has 2 N–H and O–H groups in total. The number of carbonyl (C=O) groups excluding carboxylic acids is 2. The van der Waals surface area contributed by atoms with Crippen molar-refractivity contribution in [2.45, 2.75) is 6.42 Å². The molecule has 0 unspecified atom stereocenters. The molecule has 3 rings (SSSR count). The third-order valence-electron chi connectivity index (χ3n) is 3.87. The molecule has 0 saturated heterocycles. The van der Waals surface area contributed by atoms with E-state index in [1.807, 2.05) is 12.1 Å². The van der Waals surface area contributed by atoms with Crippen LogP contribution in [0.3, 0.4) is 0 Å². The number of nitrogens with one attached hydrogen (secondary N) is 2. The lowest BCUT2D eigenvalue weighted by molar-refractivity contribution is -0.120. The van der Waals surface area contributed by atoms with E-state index >= 15 is 0 Å². The molecule has 10 heteroatoms. The van der Waals surface area contributed by atoms with E-state index in [1.54, 1.807) is 50.6 Å². The molecule has 1 aromatic heterocycles. The predicted octanol–water partition coefficient (Wildman–Crippen LogP) is 2.50. The smallest absolute Gasteiger partial charge is 0.257 e. The highest BCUT2D eigenvalue weighted by Crippen LogP contribution is 2.18. The van der Waals surface area contributed by atoms with Crippen LogP contribution in [0.1, 0.15) is 20.9 Å². The molecule has 2 amide bonds. The van der Waals surface area contributed by atoms with Crippen LogP contribution in [0, 0.1) is 0 Å². The van der Waals surface area contributed by atoms with Crippen LogP contribution >= 0.6 is 11.3 Å². The van der Waals surface area contributed by atoms with Gasteiger partial charge in [-0.1, -0.05) is 11.3 Å². The Hall–Kier alpha value is -3.79. The number of rotatable bonds is 8. The monoisotopic (exact) mass is 425 g/mol. The minimum atomic E-state index is -0.344. The maximum absolute atomic E-state index is 12.2. The molecule has 9 nitrogen and oxygen atoms in total. The zero-order valence-electron chi connectivity index (χ0n) is 16.3. The van der Waals surface area contributed by atoms with Gasteiger partial charge in [-0.3, -0.25) is 14.9 Å². The summed E-state index contributed by atoms with van der Waals surface area (Å²) in [5, 5.41) is 15.1. The molecule has 0 atom stereocenters. The number of anilines is 1. The van der Waals surface area contributed by atoms with Crippen molar-refractivity contribution in [3.63, 3.8) is 0 Å². The Balaban J connectivity index is 1.49. The summed E-state index contributed by atoms with van der Waals surface area (Å²) >= 11 is 1.12. The summed E-state index contributed by atoms with van der Waals surface area (Å²) in [6.45, 7) is 0. The number of hydrogen-bond acceptors (Lipinski definition) is 8. The lowest BCUT2D eigenvalue weighted by Gasteiger charge is -2.02. The summed E-state index contributed by atoms with van der Waals surface area (Å²) in [6, 6.07) is 13.9. The average molecular weight is 425 g/mol. The first-order chi connectivity index (χ1) is 14.6. The SMILES string of the molecule is COc1ccc(C=NNC(=O)Cc2nnc(NC(=O)c3ccc(OC)cc3)s2)cc1. The van der Waals surface area contributed by atoms with Crippen molar-refractivity contribution in [1.82, 2.24) is 15.6 Å². The molecule has 0 radical (unpaired) electrons.